The van der Waals surface area contributed by atoms with Crippen LogP contribution in [0, 0.1) is 26.6 Å². The summed E-state index contributed by atoms with van der Waals surface area (Å²) < 4.78 is 42.3. The lowest BCUT2D eigenvalue weighted by molar-refractivity contribution is 0.598. The molecule has 1 aromatic heterocycles. The SMILES string of the molecule is CCn1nc(C)c(S(=O)(=O)Nc2ccc(F)cc2C)c1C. The van der Waals surface area contributed by atoms with Crippen molar-refractivity contribution in [3.05, 3.63) is 41.0 Å². The summed E-state index contributed by atoms with van der Waals surface area (Å²) in [7, 11) is -3.76. The molecule has 0 aliphatic carbocycles. The summed E-state index contributed by atoms with van der Waals surface area (Å²) in [6.07, 6.45) is 0. The second-order valence-electron chi connectivity index (χ2n) is 4.88. The third-order valence-corrected chi connectivity index (χ3v) is 4.93. The van der Waals surface area contributed by atoms with E-state index in [0.29, 0.717) is 29.2 Å². The number of halogens is 1. The lowest BCUT2D eigenvalue weighted by Crippen LogP contribution is -2.15. The van der Waals surface area contributed by atoms with Crippen LogP contribution in [-0.2, 0) is 16.6 Å². The van der Waals surface area contributed by atoms with Crippen LogP contribution < -0.4 is 4.72 Å². The van der Waals surface area contributed by atoms with E-state index in [2.05, 4.69) is 9.82 Å². The van der Waals surface area contributed by atoms with Gasteiger partial charge in [-0.2, -0.15) is 5.10 Å². The number of aryl methyl sites for hydroxylation is 3. The summed E-state index contributed by atoms with van der Waals surface area (Å²) in [5, 5.41) is 4.21. The van der Waals surface area contributed by atoms with Gasteiger partial charge in [0.2, 0.25) is 0 Å². The predicted molar refractivity (Wildman–Crippen MR) is 79.3 cm³/mol. The molecule has 2 rings (SSSR count). The van der Waals surface area contributed by atoms with Crippen LogP contribution in [0.2, 0.25) is 0 Å². The van der Waals surface area contributed by atoms with Crippen LogP contribution >= 0.6 is 0 Å². The van der Waals surface area contributed by atoms with Gasteiger partial charge in [-0.1, -0.05) is 0 Å². The number of aromatic nitrogens is 2. The van der Waals surface area contributed by atoms with E-state index in [9.17, 15) is 12.8 Å². The molecule has 0 aliphatic heterocycles. The number of hydrogen-bond acceptors (Lipinski definition) is 3. The molecular weight excluding hydrogens is 293 g/mol. The van der Waals surface area contributed by atoms with Crippen molar-refractivity contribution in [3.8, 4) is 0 Å². The van der Waals surface area contributed by atoms with Crippen LogP contribution in [0.4, 0.5) is 10.1 Å². The highest BCUT2D eigenvalue weighted by molar-refractivity contribution is 7.92. The van der Waals surface area contributed by atoms with E-state index < -0.39 is 15.8 Å². The average Bonchev–Trinajstić information content (AvgIpc) is 2.68. The lowest BCUT2D eigenvalue weighted by Gasteiger charge is -2.11. The van der Waals surface area contributed by atoms with Crippen molar-refractivity contribution in [1.29, 1.82) is 0 Å². The first-order valence-corrected chi connectivity index (χ1v) is 8.07. The highest BCUT2D eigenvalue weighted by Crippen LogP contribution is 2.24. The number of rotatable bonds is 4. The number of anilines is 1. The minimum Gasteiger partial charge on any atom is -0.279 e. The molecule has 1 aromatic carbocycles. The van der Waals surface area contributed by atoms with E-state index in [1.165, 1.54) is 18.2 Å². The molecule has 0 fully saturated rings. The Balaban J connectivity index is 2.46. The summed E-state index contributed by atoms with van der Waals surface area (Å²) in [6.45, 7) is 7.52. The Bertz CT molecular complexity index is 782. The molecule has 1 N–H and O–H groups in total. The molecule has 7 heteroatoms. The molecule has 0 saturated heterocycles. The van der Waals surface area contributed by atoms with Crippen molar-refractivity contribution in [3.63, 3.8) is 0 Å². The zero-order valence-corrected chi connectivity index (χ0v) is 13.3. The normalized spacial score (nSPS) is 11.7. The Hall–Kier alpha value is -1.89. The molecule has 5 nitrogen and oxygen atoms in total. The van der Waals surface area contributed by atoms with Crippen LogP contribution in [0.5, 0.6) is 0 Å². The fraction of sp³-hybridized carbons (Fsp3) is 0.357. The fourth-order valence-corrected chi connectivity index (χ4v) is 3.86. The highest BCUT2D eigenvalue weighted by Gasteiger charge is 2.24. The first-order valence-electron chi connectivity index (χ1n) is 6.59. The zero-order chi connectivity index (χ0) is 15.8. The Morgan fingerprint density at radius 1 is 1.29 bits per heavy atom. The third-order valence-electron chi connectivity index (χ3n) is 3.32. The Morgan fingerprint density at radius 3 is 2.48 bits per heavy atom. The van der Waals surface area contributed by atoms with Crippen molar-refractivity contribution < 1.29 is 12.8 Å². The van der Waals surface area contributed by atoms with Gasteiger partial charge in [0, 0.05) is 6.54 Å². The minimum atomic E-state index is -3.76. The number of hydrogen-bond donors (Lipinski definition) is 1. The maximum Gasteiger partial charge on any atom is 0.265 e. The number of nitrogens with one attached hydrogen (secondary N) is 1. The monoisotopic (exact) mass is 311 g/mol. The topological polar surface area (TPSA) is 64.0 Å². The van der Waals surface area contributed by atoms with Crippen LogP contribution in [0.15, 0.2) is 23.1 Å². The number of nitrogens with zero attached hydrogens (tertiary/aromatic N) is 2. The molecule has 0 saturated carbocycles. The van der Waals surface area contributed by atoms with Gasteiger partial charge < -0.3 is 0 Å². The molecule has 0 aliphatic rings. The summed E-state index contributed by atoms with van der Waals surface area (Å²) >= 11 is 0. The molecule has 21 heavy (non-hydrogen) atoms. The summed E-state index contributed by atoms with van der Waals surface area (Å²) in [5.74, 6) is -0.401. The van der Waals surface area contributed by atoms with Crippen LogP contribution in [0.3, 0.4) is 0 Å². The second kappa shape index (κ2) is 5.48. The first kappa shape index (κ1) is 15.5. The van der Waals surface area contributed by atoms with Gasteiger partial charge in [-0.25, -0.2) is 12.8 Å². The molecule has 0 bridgehead atoms. The minimum absolute atomic E-state index is 0.174. The highest BCUT2D eigenvalue weighted by atomic mass is 32.2. The van der Waals surface area contributed by atoms with E-state index in [4.69, 9.17) is 0 Å². The van der Waals surface area contributed by atoms with Gasteiger partial charge in [-0.3, -0.25) is 9.40 Å². The molecular formula is C14H18FN3O2S. The van der Waals surface area contributed by atoms with Gasteiger partial charge in [0.1, 0.15) is 10.7 Å². The maximum absolute atomic E-state index is 13.1. The average molecular weight is 311 g/mol. The van der Waals surface area contributed by atoms with Crippen molar-refractivity contribution in [2.24, 2.45) is 0 Å². The molecule has 0 unspecified atom stereocenters. The van der Waals surface area contributed by atoms with E-state index in [-0.39, 0.29) is 4.90 Å². The maximum atomic E-state index is 13.1. The molecule has 0 spiro atoms. The smallest absolute Gasteiger partial charge is 0.265 e. The largest absolute Gasteiger partial charge is 0.279 e. The van der Waals surface area contributed by atoms with Crippen LogP contribution in [0.25, 0.3) is 0 Å². The van der Waals surface area contributed by atoms with E-state index in [1.54, 1.807) is 25.5 Å². The van der Waals surface area contributed by atoms with Crippen LogP contribution in [0.1, 0.15) is 23.9 Å². The molecule has 114 valence electrons. The Kier molecular flexibility index (Phi) is 4.04. The van der Waals surface area contributed by atoms with Gasteiger partial charge in [0.15, 0.2) is 0 Å². The molecule has 2 aromatic rings. The van der Waals surface area contributed by atoms with E-state index in [0.717, 1.165) is 0 Å². The molecule has 1 heterocycles. The zero-order valence-electron chi connectivity index (χ0n) is 12.4. The predicted octanol–water partition coefficient (Wildman–Crippen LogP) is 2.77. The van der Waals surface area contributed by atoms with Crippen molar-refractivity contribution >= 4 is 15.7 Å². The van der Waals surface area contributed by atoms with E-state index >= 15 is 0 Å². The van der Waals surface area contributed by atoms with Crippen molar-refractivity contribution in [1.82, 2.24) is 9.78 Å². The molecule has 0 radical (unpaired) electrons. The standard InChI is InChI=1S/C14H18FN3O2S/c1-5-18-11(4)14(10(3)16-18)21(19,20)17-13-7-6-12(15)8-9(13)2/h6-8,17H,5H2,1-4H3. The summed E-state index contributed by atoms with van der Waals surface area (Å²) in [6, 6.07) is 3.92. The first-order chi connectivity index (χ1) is 9.76. The molecule has 0 amide bonds. The quantitative estimate of drug-likeness (QED) is 0.944. The van der Waals surface area contributed by atoms with Gasteiger partial charge in [-0.05, 0) is 51.5 Å². The summed E-state index contributed by atoms with van der Waals surface area (Å²) in [4.78, 5) is 0.174. The second-order valence-corrected chi connectivity index (χ2v) is 6.50. The van der Waals surface area contributed by atoms with Crippen molar-refractivity contribution in [2.45, 2.75) is 39.1 Å². The van der Waals surface area contributed by atoms with Gasteiger partial charge in [0.25, 0.3) is 10.0 Å². The third kappa shape index (κ3) is 2.92. The van der Waals surface area contributed by atoms with Crippen molar-refractivity contribution in [2.75, 3.05) is 4.72 Å². The Morgan fingerprint density at radius 2 is 1.95 bits per heavy atom. The lowest BCUT2D eigenvalue weighted by atomic mass is 10.2. The number of benzene rings is 1. The van der Waals surface area contributed by atoms with E-state index in [1.807, 2.05) is 6.92 Å². The van der Waals surface area contributed by atoms with Crippen LogP contribution in [-0.4, -0.2) is 18.2 Å². The number of sulfonamides is 1. The molecule has 0 atom stereocenters. The van der Waals surface area contributed by atoms with Gasteiger partial charge >= 0.3 is 0 Å². The van der Waals surface area contributed by atoms with Gasteiger partial charge in [-0.15, -0.1) is 0 Å². The fourth-order valence-electron chi connectivity index (χ4n) is 2.31. The van der Waals surface area contributed by atoms with Gasteiger partial charge in [0.05, 0.1) is 17.1 Å². The summed E-state index contributed by atoms with van der Waals surface area (Å²) in [5.41, 5.74) is 1.92. The Labute approximate surface area is 123 Å².